The molecule has 1 saturated carbocycles. The highest BCUT2D eigenvalue weighted by atomic mass is 79.9. The van der Waals surface area contributed by atoms with E-state index < -0.39 is 0 Å². The Morgan fingerprint density at radius 2 is 1.85 bits per heavy atom. The van der Waals surface area contributed by atoms with Crippen LogP contribution in [0.1, 0.15) is 23.7 Å². The molecule has 130 valence electrons. The van der Waals surface area contributed by atoms with E-state index >= 15 is 0 Å². The maximum atomic E-state index is 12.2. The van der Waals surface area contributed by atoms with Crippen LogP contribution < -0.4 is 5.43 Å². The molecule has 1 heterocycles. The second-order valence-corrected chi connectivity index (χ2v) is 7.22. The number of benzene rings is 2. The lowest BCUT2D eigenvalue weighted by molar-refractivity contribution is -0.122. The molecular weight excluding hydrogens is 392 g/mol. The Balaban J connectivity index is 1.33. The number of carbonyl (C=O) groups is 1. The molecule has 2 unspecified atom stereocenters. The van der Waals surface area contributed by atoms with Crippen molar-refractivity contribution in [3.8, 4) is 11.3 Å². The number of hydrogen-bond donors (Lipinski definition) is 1. The molecule has 5 heteroatoms. The van der Waals surface area contributed by atoms with Gasteiger partial charge >= 0.3 is 0 Å². The van der Waals surface area contributed by atoms with Crippen LogP contribution in [0, 0.1) is 5.92 Å². The first-order chi connectivity index (χ1) is 12.7. The second-order valence-electron chi connectivity index (χ2n) is 6.30. The van der Waals surface area contributed by atoms with Gasteiger partial charge in [-0.3, -0.25) is 4.79 Å². The van der Waals surface area contributed by atoms with E-state index in [1.165, 1.54) is 11.8 Å². The maximum Gasteiger partial charge on any atom is 0.243 e. The number of nitrogens with zero attached hydrogens (tertiary/aromatic N) is 1. The van der Waals surface area contributed by atoms with Crippen molar-refractivity contribution in [2.24, 2.45) is 11.0 Å². The summed E-state index contributed by atoms with van der Waals surface area (Å²) in [5.74, 6) is 1.62. The highest BCUT2D eigenvalue weighted by Gasteiger charge is 2.43. The van der Waals surface area contributed by atoms with Gasteiger partial charge < -0.3 is 4.42 Å². The average Bonchev–Trinajstić information content (AvgIpc) is 3.34. The molecule has 1 N–H and O–H groups in total. The third-order valence-electron chi connectivity index (χ3n) is 4.48. The van der Waals surface area contributed by atoms with Crippen molar-refractivity contribution in [3.63, 3.8) is 0 Å². The molecule has 0 spiro atoms. The second kappa shape index (κ2) is 7.30. The lowest BCUT2D eigenvalue weighted by Crippen LogP contribution is -2.20. The number of halogens is 1. The molecule has 0 radical (unpaired) electrons. The van der Waals surface area contributed by atoms with Gasteiger partial charge in [0, 0.05) is 16.0 Å². The van der Waals surface area contributed by atoms with Crippen LogP contribution in [0.2, 0.25) is 0 Å². The Bertz CT molecular complexity index is 932. The van der Waals surface area contributed by atoms with Crippen molar-refractivity contribution in [2.75, 3.05) is 0 Å². The van der Waals surface area contributed by atoms with Crippen LogP contribution in [-0.2, 0) is 4.79 Å². The third kappa shape index (κ3) is 3.78. The summed E-state index contributed by atoms with van der Waals surface area (Å²) in [6.45, 7) is 0. The Morgan fingerprint density at radius 3 is 2.62 bits per heavy atom. The normalized spacial score (nSPS) is 18.8. The average molecular weight is 409 g/mol. The minimum atomic E-state index is -0.0465. The van der Waals surface area contributed by atoms with Crippen LogP contribution in [0.5, 0.6) is 0 Å². The fraction of sp³-hybridized carbons (Fsp3) is 0.143. The fourth-order valence-corrected chi connectivity index (χ4v) is 3.25. The summed E-state index contributed by atoms with van der Waals surface area (Å²) in [4.78, 5) is 12.2. The van der Waals surface area contributed by atoms with Crippen molar-refractivity contribution >= 4 is 28.1 Å². The number of nitrogens with one attached hydrogen (secondary N) is 1. The quantitative estimate of drug-likeness (QED) is 0.478. The van der Waals surface area contributed by atoms with Crippen molar-refractivity contribution in [1.29, 1.82) is 0 Å². The van der Waals surface area contributed by atoms with E-state index in [9.17, 15) is 4.79 Å². The third-order valence-corrected chi connectivity index (χ3v) is 5.01. The molecule has 1 aromatic heterocycles. The summed E-state index contributed by atoms with van der Waals surface area (Å²) >= 11 is 3.41. The molecule has 1 fully saturated rings. The summed E-state index contributed by atoms with van der Waals surface area (Å²) < 4.78 is 6.76. The number of hydrazone groups is 1. The molecule has 2 atom stereocenters. The van der Waals surface area contributed by atoms with Crippen LogP contribution in [0.25, 0.3) is 11.3 Å². The minimum absolute atomic E-state index is 0.00415. The highest BCUT2D eigenvalue weighted by molar-refractivity contribution is 9.10. The van der Waals surface area contributed by atoms with Crippen LogP contribution in [0.15, 0.2) is 80.7 Å². The van der Waals surface area contributed by atoms with Gasteiger partial charge in [-0.15, -0.1) is 0 Å². The Hall–Kier alpha value is -2.66. The molecule has 1 amide bonds. The number of hydrogen-bond acceptors (Lipinski definition) is 3. The first kappa shape index (κ1) is 16.8. The van der Waals surface area contributed by atoms with E-state index in [4.69, 9.17) is 4.42 Å². The topological polar surface area (TPSA) is 54.6 Å². The standard InChI is InChI=1S/C21H17BrN2O2/c22-16-8-6-15(7-9-16)20-11-10-17(26-20)13-23-24-21(25)19-12-18(19)14-4-2-1-3-5-14/h1-11,13,18-19H,12H2,(H,24,25)/b23-13-. The zero-order chi connectivity index (χ0) is 17.9. The zero-order valence-corrected chi connectivity index (χ0v) is 15.5. The van der Waals surface area contributed by atoms with Crippen LogP contribution in [0.3, 0.4) is 0 Å². The largest absolute Gasteiger partial charge is 0.455 e. The highest BCUT2D eigenvalue weighted by Crippen LogP contribution is 2.47. The minimum Gasteiger partial charge on any atom is -0.455 e. The lowest BCUT2D eigenvalue weighted by Gasteiger charge is -1.99. The van der Waals surface area contributed by atoms with Crippen LogP contribution >= 0.6 is 15.9 Å². The van der Waals surface area contributed by atoms with Gasteiger partial charge in [0.25, 0.3) is 0 Å². The predicted molar refractivity (Wildman–Crippen MR) is 105 cm³/mol. The molecule has 26 heavy (non-hydrogen) atoms. The Morgan fingerprint density at radius 1 is 1.08 bits per heavy atom. The van der Waals surface area contributed by atoms with Crippen LogP contribution in [0.4, 0.5) is 0 Å². The summed E-state index contributed by atoms with van der Waals surface area (Å²) in [7, 11) is 0. The lowest BCUT2D eigenvalue weighted by atomic mass is 10.1. The van der Waals surface area contributed by atoms with Crippen molar-refractivity contribution in [1.82, 2.24) is 5.43 Å². The number of furan rings is 1. The number of rotatable bonds is 5. The summed E-state index contributed by atoms with van der Waals surface area (Å²) in [6.07, 6.45) is 2.40. The van der Waals surface area contributed by atoms with E-state index in [0.29, 0.717) is 11.7 Å². The first-order valence-corrected chi connectivity index (χ1v) is 9.23. The van der Waals surface area contributed by atoms with Crippen LogP contribution in [-0.4, -0.2) is 12.1 Å². The van der Waals surface area contributed by atoms with Crippen molar-refractivity contribution in [3.05, 3.63) is 82.5 Å². The van der Waals surface area contributed by atoms with Gasteiger partial charge in [0.15, 0.2) is 0 Å². The molecular formula is C21H17BrN2O2. The fourth-order valence-electron chi connectivity index (χ4n) is 2.99. The molecule has 3 aromatic rings. The number of carbonyl (C=O) groups excluding carboxylic acids is 1. The van der Waals surface area contributed by atoms with Gasteiger partial charge in [0.1, 0.15) is 11.5 Å². The first-order valence-electron chi connectivity index (χ1n) is 8.44. The van der Waals surface area contributed by atoms with Gasteiger partial charge in [0.2, 0.25) is 5.91 Å². The van der Waals surface area contributed by atoms with E-state index in [0.717, 1.165) is 22.2 Å². The smallest absolute Gasteiger partial charge is 0.243 e. The predicted octanol–water partition coefficient (Wildman–Crippen LogP) is 4.96. The monoisotopic (exact) mass is 408 g/mol. The molecule has 0 bridgehead atoms. The molecule has 4 rings (SSSR count). The Kier molecular flexibility index (Phi) is 4.71. The molecule has 0 aliphatic heterocycles. The molecule has 4 nitrogen and oxygen atoms in total. The van der Waals surface area contributed by atoms with Gasteiger partial charge in [-0.1, -0.05) is 58.4 Å². The van der Waals surface area contributed by atoms with E-state index in [1.54, 1.807) is 0 Å². The number of amides is 1. The molecule has 1 aliphatic carbocycles. The summed E-state index contributed by atoms with van der Waals surface area (Å²) in [5.41, 5.74) is 4.81. The zero-order valence-electron chi connectivity index (χ0n) is 13.9. The van der Waals surface area contributed by atoms with E-state index in [2.05, 4.69) is 38.6 Å². The SMILES string of the molecule is O=C(N/N=C\c1ccc(-c2ccc(Br)cc2)o1)C1CC1c1ccccc1. The summed E-state index contributed by atoms with van der Waals surface area (Å²) in [6, 6.07) is 21.7. The molecule has 0 saturated heterocycles. The van der Waals surface area contributed by atoms with Gasteiger partial charge in [0.05, 0.1) is 6.21 Å². The van der Waals surface area contributed by atoms with Gasteiger partial charge in [-0.05, 0) is 42.2 Å². The summed E-state index contributed by atoms with van der Waals surface area (Å²) in [5, 5.41) is 4.03. The van der Waals surface area contributed by atoms with Gasteiger partial charge in [-0.2, -0.15) is 5.10 Å². The van der Waals surface area contributed by atoms with Gasteiger partial charge in [-0.25, -0.2) is 5.43 Å². The maximum absolute atomic E-state index is 12.2. The van der Waals surface area contributed by atoms with Crippen molar-refractivity contribution in [2.45, 2.75) is 12.3 Å². The van der Waals surface area contributed by atoms with Crippen molar-refractivity contribution < 1.29 is 9.21 Å². The van der Waals surface area contributed by atoms with E-state index in [1.807, 2.05) is 54.6 Å². The molecule has 1 aliphatic rings. The molecule has 2 aromatic carbocycles. The Labute approximate surface area is 160 Å². The van der Waals surface area contributed by atoms with E-state index in [-0.39, 0.29) is 11.8 Å².